The van der Waals surface area contributed by atoms with Crippen molar-refractivity contribution in [1.82, 2.24) is 20.4 Å². The minimum absolute atomic E-state index is 0.240. The standard InChI is InChI=1S/C25H23F2N5O2S3/c1-14-10-19(22(26)27)30-24(29-14)35-13-17-11-16(8-9-20(17)34-3)12-28-32-23(33)15(2)36-25-31-18-6-4-5-7-21(18)37-25/h4-12,15,22H,13H2,1-3H3,(H,32,33). The highest BCUT2D eigenvalue weighted by molar-refractivity contribution is 8.02. The molecule has 37 heavy (non-hydrogen) atoms. The zero-order valence-electron chi connectivity index (χ0n) is 20.1. The first-order valence-corrected chi connectivity index (χ1v) is 13.8. The van der Waals surface area contributed by atoms with E-state index in [4.69, 9.17) is 4.74 Å². The average Bonchev–Trinajstić information content (AvgIpc) is 3.29. The van der Waals surface area contributed by atoms with Crippen LogP contribution in [0.3, 0.4) is 0 Å². The predicted octanol–water partition coefficient (Wildman–Crippen LogP) is 6.26. The van der Waals surface area contributed by atoms with Gasteiger partial charge in [0.1, 0.15) is 11.4 Å². The zero-order chi connectivity index (χ0) is 26.4. The Morgan fingerprint density at radius 2 is 2.00 bits per heavy atom. The number of nitrogens with zero attached hydrogens (tertiary/aromatic N) is 4. The van der Waals surface area contributed by atoms with Gasteiger partial charge in [-0.3, -0.25) is 4.79 Å². The van der Waals surface area contributed by atoms with Gasteiger partial charge in [0.15, 0.2) is 9.50 Å². The van der Waals surface area contributed by atoms with E-state index in [0.717, 1.165) is 25.7 Å². The summed E-state index contributed by atoms with van der Waals surface area (Å²) >= 11 is 4.17. The number of amides is 1. The number of ether oxygens (including phenoxy) is 1. The molecule has 12 heteroatoms. The Balaban J connectivity index is 1.37. The van der Waals surface area contributed by atoms with Crippen molar-refractivity contribution in [2.24, 2.45) is 5.10 Å². The first-order valence-electron chi connectivity index (χ1n) is 11.1. The number of thiazole rings is 1. The molecule has 2 aromatic carbocycles. The Kier molecular flexibility index (Phi) is 9.06. The predicted molar refractivity (Wildman–Crippen MR) is 145 cm³/mol. The number of para-hydroxylation sites is 1. The van der Waals surface area contributed by atoms with Crippen molar-refractivity contribution in [2.75, 3.05) is 7.11 Å². The number of nitrogens with one attached hydrogen (secondary N) is 1. The maximum atomic E-state index is 13.1. The normalized spacial score (nSPS) is 12.4. The number of benzene rings is 2. The van der Waals surface area contributed by atoms with Crippen LogP contribution in [0.25, 0.3) is 10.2 Å². The fraction of sp³-hybridized carbons (Fsp3) is 0.240. The molecule has 0 aliphatic rings. The van der Waals surface area contributed by atoms with E-state index in [1.165, 1.54) is 29.6 Å². The number of hydrazone groups is 1. The van der Waals surface area contributed by atoms with E-state index in [0.29, 0.717) is 17.2 Å². The molecule has 0 bridgehead atoms. The van der Waals surface area contributed by atoms with Crippen LogP contribution in [0.4, 0.5) is 8.78 Å². The number of halogens is 2. The van der Waals surface area contributed by atoms with Gasteiger partial charge in [-0.25, -0.2) is 29.2 Å². The average molecular weight is 560 g/mol. The maximum Gasteiger partial charge on any atom is 0.280 e. The third-order valence-corrected chi connectivity index (χ3v) is 8.17. The maximum absolute atomic E-state index is 13.1. The van der Waals surface area contributed by atoms with Crippen molar-refractivity contribution < 1.29 is 18.3 Å². The Labute approximate surface area is 225 Å². The molecule has 2 heterocycles. The number of carbonyl (C=O) groups is 1. The molecule has 0 fully saturated rings. The van der Waals surface area contributed by atoms with Gasteiger partial charge in [-0.2, -0.15) is 5.10 Å². The van der Waals surface area contributed by atoms with Gasteiger partial charge in [-0.1, -0.05) is 35.7 Å². The van der Waals surface area contributed by atoms with Crippen molar-refractivity contribution in [3.8, 4) is 5.75 Å². The van der Waals surface area contributed by atoms with Gasteiger partial charge in [-0.05, 0) is 55.8 Å². The number of aryl methyl sites for hydroxylation is 1. The van der Waals surface area contributed by atoms with Crippen molar-refractivity contribution >= 4 is 57.2 Å². The molecule has 0 saturated heterocycles. The number of hydrogen-bond donors (Lipinski definition) is 1. The van der Waals surface area contributed by atoms with Gasteiger partial charge < -0.3 is 4.74 Å². The molecule has 0 spiro atoms. The molecule has 0 radical (unpaired) electrons. The lowest BCUT2D eigenvalue weighted by atomic mass is 10.1. The number of thioether (sulfide) groups is 2. The van der Waals surface area contributed by atoms with Crippen LogP contribution in [0, 0.1) is 6.92 Å². The lowest BCUT2D eigenvalue weighted by molar-refractivity contribution is -0.120. The topological polar surface area (TPSA) is 89.4 Å². The number of aromatic nitrogens is 3. The zero-order valence-corrected chi connectivity index (χ0v) is 22.6. The second kappa shape index (κ2) is 12.4. The molecule has 4 aromatic rings. The third-order valence-electron chi connectivity index (χ3n) is 5.05. The first-order chi connectivity index (χ1) is 17.8. The minimum atomic E-state index is -2.66. The molecular formula is C25H23F2N5O2S3. The summed E-state index contributed by atoms with van der Waals surface area (Å²) in [6, 6.07) is 14.6. The molecule has 7 nitrogen and oxygen atoms in total. The van der Waals surface area contributed by atoms with E-state index in [9.17, 15) is 13.6 Å². The molecule has 0 aliphatic heterocycles. The fourth-order valence-electron chi connectivity index (χ4n) is 3.24. The number of hydrogen-bond acceptors (Lipinski definition) is 9. The summed E-state index contributed by atoms with van der Waals surface area (Å²) in [5, 5.41) is 3.98. The Morgan fingerprint density at radius 1 is 1.19 bits per heavy atom. The Morgan fingerprint density at radius 3 is 2.76 bits per heavy atom. The lowest BCUT2D eigenvalue weighted by Crippen LogP contribution is -2.26. The highest BCUT2D eigenvalue weighted by Gasteiger charge is 2.17. The number of methoxy groups -OCH3 is 1. The summed E-state index contributed by atoms with van der Waals surface area (Å²) in [7, 11) is 1.56. The van der Waals surface area contributed by atoms with Crippen molar-refractivity contribution in [3.63, 3.8) is 0 Å². The van der Waals surface area contributed by atoms with Gasteiger partial charge in [0.2, 0.25) is 0 Å². The first kappa shape index (κ1) is 27.0. The van der Waals surface area contributed by atoms with Crippen LogP contribution in [-0.4, -0.2) is 39.4 Å². The van der Waals surface area contributed by atoms with Crippen LogP contribution in [0.15, 0.2) is 63.1 Å². The van der Waals surface area contributed by atoms with Crippen molar-refractivity contribution in [3.05, 3.63) is 71.0 Å². The van der Waals surface area contributed by atoms with E-state index >= 15 is 0 Å². The van der Waals surface area contributed by atoms with Crippen LogP contribution in [-0.2, 0) is 10.5 Å². The monoisotopic (exact) mass is 559 g/mol. The summed E-state index contributed by atoms with van der Waals surface area (Å²) in [5.41, 5.74) is 5.22. The van der Waals surface area contributed by atoms with Gasteiger partial charge in [0.25, 0.3) is 12.3 Å². The molecule has 1 N–H and O–H groups in total. The van der Waals surface area contributed by atoms with Crippen LogP contribution in [0.2, 0.25) is 0 Å². The van der Waals surface area contributed by atoms with Gasteiger partial charge in [0, 0.05) is 17.0 Å². The highest BCUT2D eigenvalue weighted by atomic mass is 32.2. The number of fused-ring (bicyclic) bond motifs is 1. The third kappa shape index (κ3) is 7.24. The SMILES string of the molecule is COc1ccc(C=NNC(=O)C(C)Sc2nc3ccccc3s2)cc1CSc1nc(C)cc(C(F)F)n1. The summed E-state index contributed by atoms with van der Waals surface area (Å²) in [5.74, 6) is 0.798. The largest absolute Gasteiger partial charge is 0.496 e. The molecule has 4 rings (SSSR count). The fourth-order valence-corrected chi connectivity index (χ4v) is 6.34. The molecule has 1 atom stereocenters. The van der Waals surface area contributed by atoms with E-state index in [-0.39, 0.29) is 22.0 Å². The second-order valence-electron chi connectivity index (χ2n) is 7.82. The summed E-state index contributed by atoms with van der Waals surface area (Å²) < 4.78 is 33.5. The molecule has 1 unspecified atom stereocenters. The Hall–Kier alpha value is -3.09. The van der Waals surface area contributed by atoms with E-state index in [1.807, 2.05) is 30.3 Å². The van der Waals surface area contributed by atoms with Crippen LogP contribution < -0.4 is 10.2 Å². The molecule has 0 saturated carbocycles. The minimum Gasteiger partial charge on any atom is -0.496 e. The molecule has 1 amide bonds. The lowest BCUT2D eigenvalue weighted by Gasteiger charge is -2.10. The molecule has 192 valence electrons. The van der Waals surface area contributed by atoms with Crippen LogP contribution in [0.5, 0.6) is 5.75 Å². The summed E-state index contributed by atoms with van der Waals surface area (Å²) in [6.07, 6.45) is -1.12. The van der Waals surface area contributed by atoms with Crippen LogP contribution in [0.1, 0.15) is 35.9 Å². The summed E-state index contributed by atoms with van der Waals surface area (Å²) in [6.45, 7) is 3.46. The van der Waals surface area contributed by atoms with Crippen LogP contribution >= 0.6 is 34.9 Å². The Bertz CT molecular complexity index is 1400. The van der Waals surface area contributed by atoms with E-state index in [1.54, 1.807) is 50.6 Å². The van der Waals surface area contributed by atoms with E-state index in [2.05, 4.69) is 25.5 Å². The highest BCUT2D eigenvalue weighted by Crippen LogP contribution is 2.32. The van der Waals surface area contributed by atoms with E-state index < -0.39 is 6.43 Å². The van der Waals surface area contributed by atoms with Crippen molar-refractivity contribution in [1.29, 1.82) is 0 Å². The van der Waals surface area contributed by atoms with Gasteiger partial charge in [-0.15, -0.1) is 11.3 Å². The number of rotatable bonds is 10. The molecular weight excluding hydrogens is 537 g/mol. The van der Waals surface area contributed by atoms with Crippen molar-refractivity contribution in [2.45, 2.75) is 40.8 Å². The van der Waals surface area contributed by atoms with Gasteiger partial charge in [0.05, 0.1) is 28.8 Å². The number of alkyl halides is 2. The molecule has 0 aliphatic carbocycles. The molecule has 2 aromatic heterocycles. The second-order valence-corrected chi connectivity index (χ2v) is 11.4. The quantitative estimate of drug-likeness (QED) is 0.106. The smallest absolute Gasteiger partial charge is 0.280 e. The summed E-state index contributed by atoms with van der Waals surface area (Å²) in [4.78, 5) is 25.2. The number of carbonyl (C=O) groups excluding carboxylic acids is 1. The van der Waals surface area contributed by atoms with Gasteiger partial charge >= 0.3 is 0 Å².